The van der Waals surface area contributed by atoms with Gasteiger partial charge in [-0.25, -0.2) is 0 Å². The molecule has 0 aliphatic heterocycles. The van der Waals surface area contributed by atoms with Gasteiger partial charge >= 0.3 is 6.18 Å². The number of carbonyl (C=O) groups excluding carboxylic acids is 1. The van der Waals surface area contributed by atoms with Gasteiger partial charge in [-0.3, -0.25) is 4.79 Å². The maximum Gasteiger partial charge on any atom is 0.411 e. The molecule has 2 atom stereocenters. The fraction of sp³-hybridized carbons (Fsp3) is 0.889. The summed E-state index contributed by atoms with van der Waals surface area (Å²) in [5.41, 5.74) is 0. The Morgan fingerprint density at radius 1 is 1.44 bits per heavy atom. The van der Waals surface area contributed by atoms with E-state index in [0.29, 0.717) is 6.42 Å². The molecule has 0 heterocycles. The summed E-state index contributed by atoms with van der Waals surface area (Å²) < 4.78 is 39.2. The zero-order chi connectivity index (χ0) is 12.8. The van der Waals surface area contributed by atoms with Crippen molar-refractivity contribution in [3.8, 4) is 0 Å². The van der Waals surface area contributed by atoms with Crippen LogP contribution in [0, 0.1) is 0 Å². The van der Waals surface area contributed by atoms with Crippen molar-refractivity contribution in [1.29, 1.82) is 0 Å². The molecule has 7 heteroatoms. The van der Waals surface area contributed by atoms with E-state index in [1.54, 1.807) is 13.8 Å². The lowest BCUT2D eigenvalue weighted by molar-refractivity contribution is -0.175. The summed E-state index contributed by atoms with van der Waals surface area (Å²) in [4.78, 5) is 11.1. The first kappa shape index (κ1) is 15.5. The van der Waals surface area contributed by atoms with E-state index in [1.165, 1.54) is 0 Å². The van der Waals surface area contributed by atoms with Gasteiger partial charge in [-0.05, 0) is 20.3 Å². The minimum atomic E-state index is -4.41. The molecule has 0 aliphatic carbocycles. The number of amides is 1. The first-order chi connectivity index (χ1) is 7.20. The largest absolute Gasteiger partial charge is 0.411 e. The topological polar surface area (TPSA) is 38.3 Å². The van der Waals surface area contributed by atoms with Crippen LogP contribution in [0.5, 0.6) is 0 Å². The smallest absolute Gasteiger partial charge is 0.362 e. The Labute approximate surface area is 97.3 Å². The van der Waals surface area contributed by atoms with Gasteiger partial charge < -0.3 is 10.1 Å². The van der Waals surface area contributed by atoms with Crippen molar-refractivity contribution in [2.24, 2.45) is 0 Å². The molecule has 0 aliphatic rings. The van der Waals surface area contributed by atoms with Crippen molar-refractivity contribution in [3.63, 3.8) is 0 Å². The molecule has 3 nitrogen and oxygen atoms in total. The summed E-state index contributed by atoms with van der Waals surface area (Å²) in [6.07, 6.45) is -3.86. The third-order valence-corrected chi connectivity index (χ3v) is 1.76. The minimum absolute atomic E-state index is 0.105. The molecule has 1 N–H and O–H groups in total. The predicted octanol–water partition coefficient (Wildman–Crippen LogP) is 2.09. The van der Waals surface area contributed by atoms with E-state index in [1.807, 2.05) is 0 Å². The van der Waals surface area contributed by atoms with Gasteiger partial charge in [0.1, 0.15) is 13.2 Å². The van der Waals surface area contributed by atoms with E-state index in [0.717, 1.165) is 0 Å². The van der Waals surface area contributed by atoms with Crippen LogP contribution in [0.2, 0.25) is 0 Å². The highest BCUT2D eigenvalue weighted by atomic mass is 35.5. The molecule has 0 aromatic rings. The van der Waals surface area contributed by atoms with Gasteiger partial charge in [-0.15, -0.1) is 11.6 Å². The van der Waals surface area contributed by atoms with Gasteiger partial charge in [-0.2, -0.15) is 13.2 Å². The molecule has 0 bridgehead atoms. The van der Waals surface area contributed by atoms with E-state index in [4.69, 9.17) is 11.6 Å². The molecule has 0 radical (unpaired) electrons. The van der Waals surface area contributed by atoms with Gasteiger partial charge in [-0.1, -0.05) is 0 Å². The van der Waals surface area contributed by atoms with E-state index in [2.05, 4.69) is 10.1 Å². The molecule has 1 amide bonds. The molecule has 0 spiro atoms. The van der Waals surface area contributed by atoms with E-state index >= 15 is 0 Å². The Kier molecular flexibility index (Phi) is 6.74. The number of hydrogen-bond acceptors (Lipinski definition) is 2. The third kappa shape index (κ3) is 10.0. The second kappa shape index (κ2) is 6.96. The number of ether oxygens (including phenoxy) is 1. The second-order valence-electron chi connectivity index (χ2n) is 3.59. The van der Waals surface area contributed by atoms with Crippen LogP contribution in [0.3, 0.4) is 0 Å². The molecule has 0 saturated carbocycles. The average molecular weight is 262 g/mol. The van der Waals surface area contributed by atoms with Crippen molar-refractivity contribution in [3.05, 3.63) is 0 Å². The molecule has 0 aromatic heterocycles. The number of rotatable bonds is 6. The van der Waals surface area contributed by atoms with Gasteiger partial charge in [0, 0.05) is 11.4 Å². The van der Waals surface area contributed by atoms with Crippen LogP contribution in [0.15, 0.2) is 0 Å². The van der Waals surface area contributed by atoms with Crippen LogP contribution in [0.1, 0.15) is 20.3 Å². The summed E-state index contributed by atoms with van der Waals surface area (Å²) in [6, 6.07) is -0.186. The van der Waals surface area contributed by atoms with Crippen molar-refractivity contribution in [1.82, 2.24) is 5.32 Å². The summed E-state index contributed by atoms with van der Waals surface area (Å²) in [5, 5.41) is 2.38. The Balaban J connectivity index is 3.66. The van der Waals surface area contributed by atoms with Crippen molar-refractivity contribution in [2.75, 3.05) is 13.2 Å². The monoisotopic (exact) mass is 261 g/mol. The number of halogens is 4. The number of carbonyl (C=O) groups is 1. The molecular weight excluding hydrogens is 247 g/mol. The number of alkyl halides is 4. The van der Waals surface area contributed by atoms with Gasteiger partial charge in [0.2, 0.25) is 5.91 Å². The highest BCUT2D eigenvalue weighted by molar-refractivity contribution is 6.20. The number of hydrogen-bond donors (Lipinski definition) is 1. The van der Waals surface area contributed by atoms with Crippen LogP contribution in [-0.4, -0.2) is 36.7 Å². The van der Waals surface area contributed by atoms with E-state index in [-0.39, 0.29) is 11.4 Å². The molecular formula is C9H15ClF3NO2. The lowest BCUT2D eigenvalue weighted by Crippen LogP contribution is -2.37. The van der Waals surface area contributed by atoms with Gasteiger partial charge in [0.25, 0.3) is 0 Å². The summed E-state index contributed by atoms with van der Waals surface area (Å²) in [5.74, 6) is -0.575. The molecule has 96 valence electrons. The fourth-order valence-electron chi connectivity index (χ4n) is 1.12. The lowest BCUT2D eigenvalue weighted by Gasteiger charge is -2.15. The average Bonchev–Trinajstić information content (AvgIpc) is 1.98. The van der Waals surface area contributed by atoms with Crippen molar-refractivity contribution >= 4 is 17.5 Å². The van der Waals surface area contributed by atoms with Crippen LogP contribution in [-0.2, 0) is 9.53 Å². The Morgan fingerprint density at radius 2 is 2.00 bits per heavy atom. The summed E-state index contributed by atoms with van der Waals surface area (Å²) in [6.45, 7) is 1.48. The van der Waals surface area contributed by atoms with Crippen molar-refractivity contribution in [2.45, 2.75) is 37.9 Å². The molecule has 16 heavy (non-hydrogen) atoms. The van der Waals surface area contributed by atoms with Crippen LogP contribution in [0.25, 0.3) is 0 Å². The minimum Gasteiger partial charge on any atom is -0.362 e. The van der Waals surface area contributed by atoms with Crippen LogP contribution < -0.4 is 5.32 Å². The zero-order valence-corrected chi connectivity index (χ0v) is 9.86. The van der Waals surface area contributed by atoms with Crippen LogP contribution in [0.4, 0.5) is 13.2 Å². The molecule has 0 aromatic carbocycles. The molecule has 2 unspecified atom stereocenters. The maximum absolute atomic E-state index is 11.7. The Hall–Kier alpha value is -0.490. The normalized spacial score (nSPS) is 15.6. The molecule has 0 saturated heterocycles. The maximum atomic E-state index is 11.7. The van der Waals surface area contributed by atoms with Gasteiger partial charge in [0.15, 0.2) is 0 Å². The first-order valence-corrected chi connectivity index (χ1v) is 5.22. The standard InChI is InChI=1S/C9H15ClF3NO2/c1-6(10)3-7(2)14-8(15)4-16-5-9(11,12)13/h6-7H,3-5H2,1-2H3,(H,14,15). The summed E-state index contributed by atoms with van der Waals surface area (Å²) in [7, 11) is 0. The quantitative estimate of drug-likeness (QED) is 0.744. The fourth-order valence-corrected chi connectivity index (χ4v) is 1.39. The van der Waals surface area contributed by atoms with Crippen LogP contribution >= 0.6 is 11.6 Å². The Bertz CT molecular complexity index is 221. The van der Waals surface area contributed by atoms with E-state index in [9.17, 15) is 18.0 Å². The Morgan fingerprint density at radius 3 is 2.44 bits per heavy atom. The predicted molar refractivity (Wildman–Crippen MR) is 54.4 cm³/mol. The lowest BCUT2D eigenvalue weighted by atomic mass is 10.2. The van der Waals surface area contributed by atoms with Crippen molar-refractivity contribution < 1.29 is 22.7 Å². The second-order valence-corrected chi connectivity index (χ2v) is 4.34. The highest BCUT2D eigenvalue weighted by Crippen LogP contribution is 2.14. The van der Waals surface area contributed by atoms with Gasteiger partial charge in [0.05, 0.1) is 0 Å². The zero-order valence-electron chi connectivity index (χ0n) is 9.10. The SMILES string of the molecule is CC(Cl)CC(C)NC(=O)COCC(F)(F)F. The molecule has 0 rings (SSSR count). The van der Waals surface area contributed by atoms with E-state index < -0.39 is 25.3 Å². The highest BCUT2D eigenvalue weighted by Gasteiger charge is 2.27. The summed E-state index contributed by atoms with van der Waals surface area (Å²) >= 11 is 5.69. The number of nitrogens with one attached hydrogen (secondary N) is 1. The first-order valence-electron chi connectivity index (χ1n) is 4.78. The molecule has 0 fully saturated rings. The third-order valence-electron chi connectivity index (χ3n) is 1.58.